The minimum atomic E-state index is 0.0312. The van der Waals surface area contributed by atoms with Gasteiger partial charge < -0.3 is 4.74 Å². The summed E-state index contributed by atoms with van der Waals surface area (Å²) in [6.45, 7) is 4.00. The van der Waals surface area contributed by atoms with Crippen LogP contribution < -0.4 is 0 Å². The largest absolute Gasteiger partial charge is 0.374 e. The van der Waals surface area contributed by atoms with Crippen LogP contribution in [0.1, 0.15) is 33.1 Å². The summed E-state index contributed by atoms with van der Waals surface area (Å²) in [4.78, 5) is 16.5. The lowest BCUT2D eigenvalue weighted by molar-refractivity contribution is -0.175. The fraction of sp³-hybridized carbons (Fsp3) is 0.909. The molecule has 1 amide bonds. The van der Waals surface area contributed by atoms with Gasteiger partial charge in [0.1, 0.15) is 0 Å². The average Bonchev–Trinajstić information content (AvgIpc) is 2.91. The van der Waals surface area contributed by atoms with Crippen molar-refractivity contribution < 1.29 is 14.4 Å². The molecule has 2 fully saturated rings. The molecule has 0 aromatic heterocycles. The van der Waals surface area contributed by atoms with Crippen LogP contribution in [0.25, 0.3) is 0 Å². The maximum absolute atomic E-state index is 11.7. The number of hydroxylamine groups is 2. The van der Waals surface area contributed by atoms with Crippen LogP contribution in [0.3, 0.4) is 0 Å². The quantitative estimate of drug-likeness (QED) is 0.657. The molecule has 2 aliphatic heterocycles. The summed E-state index contributed by atoms with van der Waals surface area (Å²) >= 11 is 0. The van der Waals surface area contributed by atoms with E-state index in [0.717, 1.165) is 19.3 Å². The maximum Gasteiger partial charge on any atom is 0.251 e. The summed E-state index contributed by atoms with van der Waals surface area (Å²) in [6.07, 6.45) is 3.49. The minimum absolute atomic E-state index is 0.0312. The molecule has 0 aromatic rings. The van der Waals surface area contributed by atoms with Gasteiger partial charge >= 0.3 is 0 Å². The van der Waals surface area contributed by atoms with E-state index in [9.17, 15) is 4.79 Å². The third-order valence-electron chi connectivity index (χ3n) is 3.01. The third kappa shape index (κ3) is 2.49. The van der Waals surface area contributed by atoms with E-state index in [1.165, 1.54) is 12.2 Å². The Kier molecular flexibility index (Phi) is 4.54. The number of amides is 1. The van der Waals surface area contributed by atoms with Crippen LogP contribution in [0.5, 0.6) is 0 Å². The Bertz CT molecular complexity index is 220. The van der Waals surface area contributed by atoms with Crippen molar-refractivity contribution in [3.05, 3.63) is 0 Å². The number of hydrogen-bond donors (Lipinski definition) is 0. The third-order valence-corrected chi connectivity index (χ3v) is 3.01. The van der Waals surface area contributed by atoms with Gasteiger partial charge in [-0.1, -0.05) is 13.8 Å². The number of hydrogen-bond acceptors (Lipinski definition) is 3. The van der Waals surface area contributed by atoms with Crippen LogP contribution in [0.4, 0.5) is 0 Å². The van der Waals surface area contributed by atoms with Crippen LogP contribution in [0.15, 0.2) is 0 Å². The Hall–Kier alpha value is -0.610. The van der Waals surface area contributed by atoms with Crippen molar-refractivity contribution in [2.75, 3.05) is 14.2 Å². The second-order valence-corrected chi connectivity index (χ2v) is 3.73. The topological polar surface area (TPSA) is 38.8 Å². The molecular weight excluding hydrogens is 194 g/mol. The van der Waals surface area contributed by atoms with E-state index in [4.69, 9.17) is 9.57 Å². The zero-order valence-electron chi connectivity index (χ0n) is 10.0. The lowest BCUT2D eigenvalue weighted by Crippen LogP contribution is -2.36. The highest BCUT2D eigenvalue weighted by molar-refractivity contribution is 5.78. The Morgan fingerprint density at radius 3 is 2.47 bits per heavy atom. The molecule has 3 unspecified atom stereocenters. The lowest BCUT2D eigenvalue weighted by atomic mass is 9.88. The van der Waals surface area contributed by atoms with E-state index >= 15 is 0 Å². The first-order chi connectivity index (χ1) is 7.22. The van der Waals surface area contributed by atoms with Crippen LogP contribution in [-0.4, -0.2) is 37.3 Å². The van der Waals surface area contributed by atoms with Gasteiger partial charge in [0.05, 0.1) is 25.2 Å². The van der Waals surface area contributed by atoms with Crippen molar-refractivity contribution in [1.82, 2.24) is 5.06 Å². The molecule has 0 aromatic carbocycles. The fourth-order valence-corrected chi connectivity index (χ4v) is 2.22. The van der Waals surface area contributed by atoms with Crippen LogP contribution in [0, 0.1) is 5.92 Å². The average molecular weight is 215 g/mol. The first-order valence-corrected chi connectivity index (χ1v) is 5.69. The molecule has 2 rings (SSSR count). The van der Waals surface area contributed by atoms with Gasteiger partial charge in [0.25, 0.3) is 5.91 Å². The molecule has 2 heterocycles. The number of ether oxygens (including phenoxy) is 1. The zero-order valence-corrected chi connectivity index (χ0v) is 10.0. The van der Waals surface area contributed by atoms with Crippen molar-refractivity contribution in [3.63, 3.8) is 0 Å². The predicted molar refractivity (Wildman–Crippen MR) is 57.1 cm³/mol. The second kappa shape index (κ2) is 5.47. The number of carbonyl (C=O) groups is 1. The molecule has 0 saturated carbocycles. The number of nitrogens with zero attached hydrogens (tertiary/aromatic N) is 1. The SMILES string of the molecule is CC.CON(C)C(=O)C1CC2CCC1O2. The maximum atomic E-state index is 11.7. The first-order valence-electron chi connectivity index (χ1n) is 5.69. The van der Waals surface area contributed by atoms with Crippen molar-refractivity contribution in [1.29, 1.82) is 0 Å². The normalized spacial score (nSPS) is 32.1. The Balaban J connectivity index is 0.000000531. The molecule has 3 atom stereocenters. The smallest absolute Gasteiger partial charge is 0.251 e. The van der Waals surface area contributed by atoms with Crippen LogP contribution in [-0.2, 0) is 14.4 Å². The number of rotatable bonds is 2. The van der Waals surface area contributed by atoms with Gasteiger partial charge in [0.2, 0.25) is 0 Å². The van der Waals surface area contributed by atoms with Crippen molar-refractivity contribution in [2.24, 2.45) is 5.92 Å². The highest BCUT2D eigenvalue weighted by atomic mass is 16.7. The zero-order chi connectivity index (χ0) is 11.4. The van der Waals surface area contributed by atoms with E-state index in [0.29, 0.717) is 6.10 Å². The van der Waals surface area contributed by atoms with E-state index < -0.39 is 0 Å². The van der Waals surface area contributed by atoms with Gasteiger partial charge in [0, 0.05) is 7.05 Å². The van der Waals surface area contributed by atoms with Crippen molar-refractivity contribution >= 4 is 5.91 Å². The molecule has 0 aliphatic carbocycles. The molecule has 0 radical (unpaired) electrons. The molecule has 15 heavy (non-hydrogen) atoms. The molecule has 2 saturated heterocycles. The highest BCUT2D eigenvalue weighted by Crippen LogP contribution is 2.39. The summed E-state index contributed by atoms with van der Waals surface area (Å²) in [5.74, 6) is 0.0819. The van der Waals surface area contributed by atoms with Crippen LogP contribution in [0.2, 0.25) is 0 Å². The molecule has 4 nitrogen and oxygen atoms in total. The molecule has 2 aliphatic rings. The molecule has 0 spiro atoms. The van der Waals surface area contributed by atoms with Crippen LogP contribution >= 0.6 is 0 Å². The van der Waals surface area contributed by atoms with E-state index in [1.54, 1.807) is 7.05 Å². The molecule has 4 heteroatoms. The second-order valence-electron chi connectivity index (χ2n) is 3.73. The number of carbonyl (C=O) groups excluding carboxylic acids is 1. The number of fused-ring (bicyclic) bond motifs is 2. The molecule has 2 bridgehead atoms. The van der Waals surface area contributed by atoms with Crippen molar-refractivity contribution in [3.8, 4) is 0 Å². The van der Waals surface area contributed by atoms with Gasteiger partial charge in [-0.25, -0.2) is 5.06 Å². The van der Waals surface area contributed by atoms with Gasteiger partial charge in [-0.05, 0) is 19.3 Å². The Labute approximate surface area is 91.5 Å². The van der Waals surface area contributed by atoms with E-state index in [1.807, 2.05) is 13.8 Å². The molecule has 88 valence electrons. The highest BCUT2D eigenvalue weighted by Gasteiger charge is 2.45. The summed E-state index contributed by atoms with van der Waals surface area (Å²) < 4.78 is 5.60. The van der Waals surface area contributed by atoms with Gasteiger partial charge in [-0.3, -0.25) is 9.63 Å². The minimum Gasteiger partial charge on any atom is -0.374 e. The lowest BCUT2D eigenvalue weighted by Gasteiger charge is -2.22. The Morgan fingerprint density at radius 2 is 2.07 bits per heavy atom. The van der Waals surface area contributed by atoms with Crippen molar-refractivity contribution in [2.45, 2.75) is 45.3 Å². The van der Waals surface area contributed by atoms with Gasteiger partial charge in [-0.2, -0.15) is 0 Å². The predicted octanol–water partition coefficient (Wildman–Crippen LogP) is 1.60. The summed E-state index contributed by atoms with van der Waals surface area (Å²) in [5, 5.41) is 1.30. The fourth-order valence-electron chi connectivity index (χ4n) is 2.22. The monoisotopic (exact) mass is 215 g/mol. The Morgan fingerprint density at radius 1 is 1.40 bits per heavy atom. The molecule has 0 N–H and O–H groups in total. The summed E-state index contributed by atoms with van der Waals surface area (Å²) in [6, 6.07) is 0. The molecular formula is C11H21NO3. The van der Waals surface area contributed by atoms with E-state index in [2.05, 4.69) is 0 Å². The van der Waals surface area contributed by atoms with Gasteiger partial charge in [0.15, 0.2) is 0 Å². The standard InChI is InChI=1S/C9H15NO3.C2H6/c1-10(12-2)9(11)7-5-6-3-4-8(7)13-6;1-2/h6-8H,3-5H2,1-2H3;1-2H3. The van der Waals surface area contributed by atoms with Gasteiger partial charge in [-0.15, -0.1) is 0 Å². The summed E-state index contributed by atoms with van der Waals surface area (Å²) in [5.41, 5.74) is 0. The van der Waals surface area contributed by atoms with E-state index in [-0.39, 0.29) is 17.9 Å². The summed E-state index contributed by atoms with van der Waals surface area (Å²) in [7, 11) is 3.15. The first kappa shape index (κ1) is 12.5.